The van der Waals surface area contributed by atoms with Crippen LogP contribution in [0.2, 0.25) is 0 Å². The van der Waals surface area contributed by atoms with Crippen molar-refractivity contribution in [3.05, 3.63) is 29.6 Å². The van der Waals surface area contributed by atoms with Crippen LogP contribution in [-0.2, 0) is 41.9 Å². The van der Waals surface area contributed by atoms with Crippen molar-refractivity contribution in [2.45, 2.75) is 108 Å². The number of aromatic nitrogens is 1. The molecule has 1 aliphatic rings. The Morgan fingerprint density at radius 3 is 1.52 bits per heavy atom. The molecule has 21 heteroatoms. The number of carbonyl (C=O) groups is 6. The van der Waals surface area contributed by atoms with E-state index in [2.05, 4.69) is 15.6 Å². The van der Waals surface area contributed by atoms with Crippen LogP contribution in [0.4, 0.5) is 0 Å². The Kier molecular flexibility index (Phi) is 26.2. The van der Waals surface area contributed by atoms with E-state index >= 15 is 0 Å². The maximum Gasteiger partial charge on any atom is 3.00 e. The van der Waals surface area contributed by atoms with E-state index in [-0.39, 0.29) is 149 Å². The minimum atomic E-state index is -1.53. The molecule has 8 N–H and O–H groups in total. The third kappa shape index (κ3) is 20.0. The number of pyridine rings is 1. The second-order valence-corrected chi connectivity index (χ2v) is 14.3. The van der Waals surface area contributed by atoms with Crippen LogP contribution >= 0.6 is 0 Å². The van der Waals surface area contributed by atoms with E-state index in [1.807, 2.05) is 0 Å². The summed E-state index contributed by atoms with van der Waals surface area (Å²) in [5.74, 6) is -8.30. The summed E-state index contributed by atoms with van der Waals surface area (Å²) >= 11 is 0. The summed E-state index contributed by atoms with van der Waals surface area (Å²) in [5.41, 5.74) is 0.713. The number of aliphatic hydroxyl groups excluding tert-OH is 6. The van der Waals surface area contributed by atoms with Gasteiger partial charge in [0.15, 0.2) is 0 Å². The molecule has 0 fully saturated rings. The van der Waals surface area contributed by atoms with Crippen molar-refractivity contribution in [3.8, 4) is 0 Å². The third-order valence-electron chi connectivity index (χ3n) is 9.95. The molecule has 2 rings (SSSR count). The molecular formula is C37H56GdN5O15. The SMILES string of the molecule is O=C(CCC(O)CO)CCC(C(=O)[O-])N1CCC(C(CCC(=O)NCC(O)CO)C(=O)[O-])CCN(C(CCC(=O)NCC(O)CO)C(=O)[O-])Cc2cccc(n2)C1.[Gd+3]. The summed E-state index contributed by atoms with van der Waals surface area (Å²) in [7, 11) is 0. The molecule has 0 aromatic carbocycles. The van der Waals surface area contributed by atoms with Gasteiger partial charge >= 0.3 is 39.9 Å². The maximum atomic E-state index is 12.7. The predicted molar refractivity (Wildman–Crippen MR) is 191 cm³/mol. The van der Waals surface area contributed by atoms with Gasteiger partial charge in [0.25, 0.3) is 0 Å². The minimum Gasteiger partial charge on any atom is -0.550 e. The van der Waals surface area contributed by atoms with Gasteiger partial charge in [-0.15, -0.1) is 0 Å². The molecule has 0 spiro atoms. The smallest absolute Gasteiger partial charge is 0.550 e. The molecule has 1 radical (unpaired) electrons. The molecule has 1 aromatic rings. The van der Waals surface area contributed by atoms with E-state index in [1.54, 1.807) is 18.2 Å². The van der Waals surface area contributed by atoms with Gasteiger partial charge in [0, 0.05) is 63.7 Å². The fraction of sp³-hybridized carbons (Fsp3) is 0.703. The standard InChI is InChI=1S/C37H59N5O15.Gd/c43-20-27(47)5-4-26(46)6-8-31(36(54)55)41-14-12-23(30(35(52)53)7-10-33(50)38-16-28(48)21-44)13-15-42(19-25-3-1-2-24(18-41)40-25)32(37(56)57)9-11-34(51)39-17-29(49)22-45;/h1-3,23,27-32,43-45,47-49H,4-22H2,(H,38,50)(H,39,51)(H,52,53)(H,54,55)(H,56,57);/q;+3/p-3. The van der Waals surface area contributed by atoms with Gasteiger partial charge in [-0.2, -0.15) is 0 Å². The monoisotopic (exact) mass is 968 g/mol. The van der Waals surface area contributed by atoms with Gasteiger partial charge in [-0.25, -0.2) is 0 Å². The Labute approximate surface area is 368 Å². The van der Waals surface area contributed by atoms with Crippen LogP contribution in [0.5, 0.6) is 0 Å². The first-order valence-electron chi connectivity index (χ1n) is 19.1. The largest absolute Gasteiger partial charge is 3.00 e. The number of hydrogen-bond acceptors (Lipinski definition) is 18. The zero-order valence-corrected chi connectivity index (χ0v) is 34.5. The Morgan fingerprint density at radius 1 is 0.655 bits per heavy atom. The Hall–Kier alpha value is -2.83. The van der Waals surface area contributed by atoms with Gasteiger partial charge in [0.1, 0.15) is 5.78 Å². The van der Waals surface area contributed by atoms with Crippen molar-refractivity contribution in [1.82, 2.24) is 25.4 Å². The van der Waals surface area contributed by atoms with Gasteiger partial charge < -0.3 is 71.0 Å². The summed E-state index contributed by atoms with van der Waals surface area (Å²) in [4.78, 5) is 83.1. The quantitative estimate of drug-likeness (QED) is 0.0452. The van der Waals surface area contributed by atoms with Crippen molar-refractivity contribution in [3.63, 3.8) is 0 Å². The summed E-state index contributed by atoms with van der Waals surface area (Å²) in [6.45, 7) is -2.69. The van der Waals surface area contributed by atoms with Crippen molar-refractivity contribution >= 4 is 35.5 Å². The number of rotatable bonds is 25. The maximum absolute atomic E-state index is 12.7. The average Bonchev–Trinajstić information content (AvgIpc) is 3.17. The molecule has 1 aromatic heterocycles. The number of aliphatic carboxylic acids is 3. The number of fused-ring (bicyclic) bond motifs is 2. The first-order valence-corrected chi connectivity index (χ1v) is 19.1. The molecule has 0 saturated heterocycles. The number of carbonyl (C=O) groups excluding carboxylic acids is 6. The summed E-state index contributed by atoms with van der Waals surface area (Å²) < 4.78 is 0. The second-order valence-electron chi connectivity index (χ2n) is 14.3. The first-order chi connectivity index (χ1) is 27.1. The fourth-order valence-electron chi connectivity index (χ4n) is 6.63. The Bertz CT molecular complexity index is 1380. The van der Waals surface area contributed by atoms with E-state index < -0.39 is 91.8 Å². The molecule has 2 amide bonds. The first kappa shape index (κ1) is 53.2. The Morgan fingerprint density at radius 2 is 1.09 bits per heavy atom. The van der Waals surface area contributed by atoms with Gasteiger partial charge in [0.2, 0.25) is 11.8 Å². The number of amides is 2. The minimum absolute atomic E-state index is 0. The van der Waals surface area contributed by atoms with E-state index in [0.717, 1.165) is 0 Å². The van der Waals surface area contributed by atoms with Crippen molar-refractivity contribution in [2.24, 2.45) is 11.8 Å². The molecule has 20 nitrogen and oxygen atoms in total. The van der Waals surface area contributed by atoms with Gasteiger partial charge in [-0.1, -0.05) is 6.07 Å². The molecule has 1 aliphatic heterocycles. The number of carboxylic acid groups (broad SMARTS) is 3. The fourth-order valence-corrected chi connectivity index (χ4v) is 6.63. The molecule has 2 heterocycles. The third-order valence-corrected chi connectivity index (χ3v) is 9.95. The van der Waals surface area contributed by atoms with Crippen LogP contribution in [0, 0.1) is 51.8 Å². The van der Waals surface area contributed by atoms with Crippen LogP contribution < -0.4 is 26.0 Å². The molecule has 327 valence electrons. The van der Waals surface area contributed by atoms with Crippen LogP contribution in [-0.4, -0.2) is 157 Å². The normalized spacial score (nSPS) is 18.4. The van der Waals surface area contributed by atoms with Crippen LogP contribution in [0.15, 0.2) is 18.2 Å². The zero-order chi connectivity index (χ0) is 42.5. The number of carboxylic acids is 3. The van der Waals surface area contributed by atoms with E-state index in [4.69, 9.17) is 15.3 Å². The number of hydrogen-bond donors (Lipinski definition) is 8. The molecule has 0 aliphatic carbocycles. The van der Waals surface area contributed by atoms with Crippen LogP contribution in [0.1, 0.15) is 75.6 Å². The zero-order valence-electron chi connectivity index (χ0n) is 32.3. The molecule has 7 atom stereocenters. The predicted octanol–water partition coefficient (Wildman–Crippen LogP) is -6.32. The molecule has 58 heavy (non-hydrogen) atoms. The molecule has 0 saturated carbocycles. The topological polar surface area (TPSA) is 336 Å². The summed E-state index contributed by atoms with van der Waals surface area (Å²) in [5, 5.41) is 98.5. The van der Waals surface area contributed by atoms with E-state index in [0.29, 0.717) is 11.4 Å². The van der Waals surface area contributed by atoms with Gasteiger partial charge in [0.05, 0.1) is 73.5 Å². The van der Waals surface area contributed by atoms with Crippen LogP contribution in [0.3, 0.4) is 0 Å². The molecular weight excluding hydrogens is 912 g/mol. The van der Waals surface area contributed by atoms with Crippen molar-refractivity contribution in [1.29, 1.82) is 0 Å². The molecule has 7 unspecified atom stereocenters. The van der Waals surface area contributed by atoms with E-state index in [9.17, 15) is 59.4 Å². The molecule has 2 bridgehead atoms. The average molecular weight is 968 g/mol. The van der Waals surface area contributed by atoms with E-state index in [1.165, 1.54) is 9.80 Å². The number of Topliss-reactive ketones (excluding diaryl/α,β-unsaturated/α-hetero) is 1. The number of nitrogens with zero attached hydrogens (tertiary/aromatic N) is 3. The number of nitrogens with one attached hydrogen (secondary N) is 2. The van der Waals surface area contributed by atoms with Crippen molar-refractivity contribution < 1.29 is 115 Å². The van der Waals surface area contributed by atoms with Crippen molar-refractivity contribution in [2.75, 3.05) is 46.0 Å². The number of aliphatic hydroxyl groups is 6. The summed E-state index contributed by atoms with van der Waals surface area (Å²) in [6.07, 6.45) is -5.26. The van der Waals surface area contributed by atoms with Gasteiger partial charge in [-0.05, 0) is 69.7 Å². The van der Waals surface area contributed by atoms with Gasteiger partial charge in [-0.3, -0.25) is 29.2 Å². The van der Waals surface area contributed by atoms with Crippen LogP contribution in [0.25, 0.3) is 0 Å². The Balaban J connectivity index is 0.0000168. The second kappa shape index (κ2) is 28.6. The summed E-state index contributed by atoms with van der Waals surface area (Å²) in [6, 6.07) is 2.12. The number of ketones is 1.